The van der Waals surface area contributed by atoms with Crippen molar-refractivity contribution in [3.63, 3.8) is 0 Å². The topological polar surface area (TPSA) is 0 Å². The maximum absolute atomic E-state index is 2.42. The summed E-state index contributed by atoms with van der Waals surface area (Å²) >= 11 is 0. The lowest BCUT2D eigenvalue weighted by molar-refractivity contribution is 0.900. The van der Waals surface area contributed by atoms with Crippen LogP contribution in [0, 0.1) is 0 Å². The van der Waals surface area contributed by atoms with Crippen molar-refractivity contribution in [1.29, 1.82) is 0 Å². The van der Waals surface area contributed by atoms with Gasteiger partial charge >= 0.3 is 0 Å². The number of allylic oxidation sites excluding steroid dienone is 20. The third-order valence-electron chi connectivity index (χ3n) is 6.87. The van der Waals surface area contributed by atoms with E-state index in [2.05, 4.69) is 142 Å². The Labute approximate surface area is 250 Å². The van der Waals surface area contributed by atoms with Gasteiger partial charge in [-0.1, -0.05) is 117 Å². The van der Waals surface area contributed by atoms with Gasteiger partial charge in [-0.15, -0.1) is 0 Å². The lowest BCUT2D eigenvalue weighted by Crippen LogP contribution is -1.82. The zero-order chi connectivity index (χ0) is 30.2. The lowest BCUT2D eigenvalue weighted by Gasteiger charge is -2.02. The molecule has 0 radical (unpaired) electrons. The molecule has 0 aliphatic heterocycles. The van der Waals surface area contributed by atoms with Crippen LogP contribution in [0.15, 0.2) is 117 Å². The molecule has 0 nitrogen and oxygen atoms in total. The Morgan fingerprint density at radius 1 is 0.350 bits per heavy atom. The lowest BCUT2D eigenvalue weighted by atomic mass is 10.0. The third kappa shape index (κ3) is 25.7. The molecule has 0 heterocycles. The first-order valence-electron chi connectivity index (χ1n) is 15.6. The van der Waals surface area contributed by atoms with Gasteiger partial charge in [-0.05, 0) is 133 Å². The van der Waals surface area contributed by atoms with E-state index in [1.54, 1.807) is 0 Å². The fraction of sp³-hybridized carbons (Fsp3) is 0.500. The van der Waals surface area contributed by atoms with E-state index in [4.69, 9.17) is 0 Å². The van der Waals surface area contributed by atoms with Crippen LogP contribution in [0.1, 0.15) is 133 Å². The zero-order valence-electron chi connectivity index (χ0n) is 28.0. The normalized spacial score (nSPS) is 14.4. The minimum absolute atomic E-state index is 1.12. The number of hydrogen-bond acceptors (Lipinski definition) is 0. The van der Waals surface area contributed by atoms with Crippen molar-refractivity contribution in [2.24, 2.45) is 0 Å². The summed E-state index contributed by atoms with van der Waals surface area (Å²) in [6, 6.07) is 0. The van der Waals surface area contributed by atoms with Crippen molar-refractivity contribution in [2.45, 2.75) is 133 Å². The van der Waals surface area contributed by atoms with Crippen LogP contribution >= 0.6 is 0 Å². The first-order valence-corrected chi connectivity index (χ1v) is 15.6. The minimum atomic E-state index is 1.12. The van der Waals surface area contributed by atoms with E-state index >= 15 is 0 Å². The van der Waals surface area contributed by atoms with Crippen LogP contribution in [-0.4, -0.2) is 0 Å². The highest BCUT2D eigenvalue weighted by atomic mass is 14.0. The molecule has 0 aliphatic rings. The molecule has 40 heavy (non-hydrogen) atoms. The molecule has 0 rings (SSSR count). The minimum Gasteiger partial charge on any atom is -0.0856 e. The van der Waals surface area contributed by atoms with Crippen LogP contribution in [0.3, 0.4) is 0 Å². The highest BCUT2D eigenvalue weighted by Gasteiger charge is 1.94. The summed E-state index contributed by atoms with van der Waals surface area (Å²) in [5, 5.41) is 0. The number of rotatable bonds is 19. The molecule has 0 unspecified atom stereocenters. The summed E-state index contributed by atoms with van der Waals surface area (Å²) in [4.78, 5) is 0. The number of hydrogen-bond donors (Lipinski definition) is 0. The standard InChI is InChI=1S/C40H62/c1-33(2)19-13-23-37(7)27-17-31-39(9)29-15-25-35(5)21-11-12-22-36(6)26-16-30-40(10)32-18-28-38(8)24-14-20-34(3)4/h11-12,15,19-22,25,27-30H,13-14,16-18,23-24,26,31-32H2,1-10H3/b12-11+,25-15+,35-21+,36-22+,37-27+,38-28+,39-29+,40-30+. The van der Waals surface area contributed by atoms with Crippen LogP contribution in [0.4, 0.5) is 0 Å². The third-order valence-corrected chi connectivity index (χ3v) is 6.87. The Kier molecular flexibility index (Phi) is 22.6. The Balaban J connectivity index is 4.39. The molecular weight excluding hydrogens is 480 g/mol. The maximum atomic E-state index is 2.42. The Hall–Kier alpha value is -2.60. The van der Waals surface area contributed by atoms with E-state index in [0.29, 0.717) is 0 Å². The predicted octanol–water partition coefficient (Wildman–Crippen LogP) is 13.6. The molecule has 0 heteroatoms. The van der Waals surface area contributed by atoms with Gasteiger partial charge in [-0.3, -0.25) is 0 Å². The summed E-state index contributed by atoms with van der Waals surface area (Å²) < 4.78 is 0. The second-order valence-corrected chi connectivity index (χ2v) is 12.1. The van der Waals surface area contributed by atoms with Crippen LogP contribution in [0.5, 0.6) is 0 Å². The smallest absolute Gasteiger partial charge is 0.0285 e. The predicted molar refractivity (Wildman–Crippen MR) is 186 cm³/mol. The van der Waals surface area contributed by atoms with Crippen molar-refractivity contribution >= 4 is 0 Å². The summed E-state index contributed by atoms with van der Waals surface area (Å²) in [6.45, 7) is 22.1. The average Bonchev–Trinajstić information content (AvgIpc) is 2.86. The largest absolute Gasteiger partial charge is 0.0856 e. The second-order valence-electron chi connectivity index (χ2n) is 12.1. The van der Waals surface area contributed by atoms with E-state index in [-0.39, 0.29) is 0 Å². The molecular formula is C40H62. The molecule has 0 saturated carbocycles. The second kappa shape index (κ2) is 24.2. The zero-order valence-corrected chi connectivity index (χ0v) is 28.0. The molecule has 0 fully saturated rings. The molecule has 0 saturated heterocycles. The summed E-state index contributed by atoms with van der Waals surface area (Å²) in [6.07, 6.45) is 38.8. The maximum Gasteiger partial charge on any atom is -0.0285 e. The van der Waals surface area contributed by atoms with Crippen LogP contribution in [0.25, 0.3) is 0 Å². The van der Waals surface area contributed by atoms with E-state index in [1.807, 2.05) is 0 Å². The highest BCUT2D eigenvalue weighted by Crippen LogP contribution is 2.14. The van der Waals surface area contributed by atoms with Crippen molar-refractivity contribution in [2.75, 3.05) is 0 Å². The van der Waals surface area contributed by atoms with Crippen LogP contribution < -0.4 is 0 Å². The van der Waals surface area contributed by atoms with Crippen LogP contribution in [0.2, 0.25) is 0 Å². The van der Waals surface area contributed by atoms with Crippen molar-refractivity contribution in [1.82, 2.24) is 0 Å². The average molecular weight is 543 g/mol. The summed E-state index contributed by atoms with van der Waals surface area (Å²) in [7, 11) is 0. The fourth-order valence-corrected chi connectivity index (χ4v) is 4.14. The Morgan fingerprint density at radius 2 is 0.675 bits per heavy atom. The molecule has 0 aromatic heterocycles. The van der Waals surface area contributed by atoms with Crippen molar-refractivity contribution in [3.05, 3.63) is 117 Å². The van der Waals surface area contributed by atoms with Crippen molar-refractivity contribution < 1.29 is 0 Å². The first kappa shape index (κ1) is 37.4. The first-order chi connectivity index (χ1) is 19.0. The van der Waals surface area contributed by atoms with Gasteiger partial charge < -0.3 is 0 Å². The van der Waals surface area contributed by atoms with E-state index in [9.17, 15) is 0 Å². The van der Waals surface area contributed by atoms with Gasteiger partial charge in [0.1, 0.15) is 0 Å². The molecule has 0 aliphatic carbocycles. The highest BCUT2D eigenvalue weighted by molar-refractivity contribution is 5.27. The molecule has 0 N–H and O–H groups in total. The van der Waals surface area contributed by atoms with E-state index < -0.39 is 0 Å². The summed E-state index contributed by atoms with van der Waals surface area (Å²) in [5.74, 6) is 0. The Bertz CT molecular complexity index is 1010. The van der Waals surface area contributed by atoms with Gasteiger partial charge in [0.15, 0.2) is 0 Å². The van der Waals surface area contributed by atoms with Crippen molar-refractivity contribution in [3.8, 4) is 0 Å². The van der Waals surface area contributed by atoms with Gasteiger partial charge in [0.05, 0.1) is 0 Å². The molecule has 0 amide bonds. The summed E-state index contributed by atoms with van der Waals surface area (Å²) in [5.41, 5.74) is 11.5. The molecule has 0 aromatic carbocycles. The van der Waals surface area contributed by atoms with Crippen LogP contribution in [-0.2, 0) is 0 Å². The SMILES string of the molecule is CC(C)=CCC/C(C)=C/CC/C(C)=C/C=C/C(C)=C/C=C/C=C(\C)CC/C=C(\C)CC/C=C(\C)CCC=C(C)C. The van der Waals surface area contributed by atoms with Gasteiger partial charge in [0.2, 0.25) is 0 Å². The molecule has 0 aromatic rings. The fourth-order valence-electron chi connectivity index (χ4n) is 4.14. The van der Waals surface area contributed by atoms with E-state index in [1.165, 1.54) is 70.3 Å². The molecule has 0 spiro atoms. The monoisotopic (exact) mass is 542 g/mol. The van der Waals surface area contributed by atoms with Gasteiger partial charge in [0, 0.05) is 0 Å². The van der Waals surface area contributed by atoms with Gasteiger partial charge in [0.25, 0.3) is 0 Å². The molecule has 0 bridgehead atoms. The quantitative estimate of drug-likeness (QED) is 0.112. The Morgan fingerprint density at radius 3 is 1.07 bits per heavy atom. The molecule has 222 valence electrons. The molecule has 0 atom stereocenters. The van der Waals surface area contributed by atoms with E-state index in [0.717, 1.165) is 38.5 Å². The van der Waals surface area contributed by atoms with Gasteiger partial charge in [-0.2, -0.15) is 0 Å². The van der Waals surface area contributed by atoms with Gasteiger partial charge in [-0.25, -0.2) is 0 Å².